The van der Waals surface area contributed by atoms with Crippen LogP contribution in [0.25, 0.3) is 0 Å². The van der Waals surface area contributed by atoms with Crippen LogP contribution in [-0.2, 0) is 25.3 Å². The van der Waals surface area contributed by atoms with Crippen LogP contribution < -0.4 is 0 Å². The number of nitrogens with zero attached hydrogens (tertiary/aromatic N) is 4. The molecule has 0 fully saturated rings. The molecule has 4 N–H and O–H groups in total. The Morgan fingerprint density at radius 3 is 0.816 bits per heavy atom. The van der Waals surface area contributed by atoms with E-state index in [0.717, 1.165) is 0 Å². The Morgan fingerprint density at radius 1 is 0.449 bits per heavy atom. The van der Waals surface area contributed by atoms with Crippen molar-refractivity contribution in [1.82, 2.24) is 0 Å². The predicted octanol–water partition coefficient (Wildman–Crippen LogP) is 7.08. The normalized spacial score (nSPS) is 11.8. The van der Waals surface area contributed by atoms with Gasteiger partial charge in [0.25, 0.3) is 0 Å². The van der Waals surface area contributed by atoms with E-state index in [9.17, 15) is 20.4 Å². The molecule has 0 saturated heterocycles. The molecule has 0 aromatic heterocycles. The van der Waals surface area contributed by atoms with Gasteiger partial charge in [-0.15, -0.1) is 0 Å². The van der Waals surface area contributed by atoms with Crippen LogP contribution in [0.4, 0.5) is 0 Å². The first-order chi connectivity index (χ1) is 23.4. The van der Waals surface area contributed by atoms with Gasteiger partial charge >= 0.3 is 25.3 Å². The first-order valence-electron chi connectivity index (χ1n) is 15.4. The predicted molar refractivity (Wildman–Crippen MR) is 191 cm³/mol. The molecule has 4 aromatic rings. The Hall–Kier alpha value is -4.95. The Kier molecular flexibility index (Phi) is 17.3. The Labute approximate surface area is 296 Å². The van der Waals surface area contributed by atoms with Crippen LogP contribution in [0.5, 0.6) is 23.0 Å². The van der Waals surface area contributed by atoms with E-state index in [1.807, 2.05) is 48.5 Å². The van der Waals surface area contributed by atoms with Gasteiger partial charge in [-0.3, -0.25) is 20.0 Å². The number of aliphatic imine (C=N–C) groups is 4. The summed E-state index contributed by atoms with van der Waals surface area (Å²) in [5.74, 6) is 0.913. The second kappa shape index (κ2) is 21.1. The van der Waals surface area contributed by atoms with Crippen molar-refractivity contribution >= 4 is 24.9 Å². The number of aromatic hydroxyl groups is 4. The summed E-state index contributed by atoms with van der Waals surface area (Å²) in [6, 6.07) is 28.4. The molecule has 0 atom stereocenters. The average Bonchev–Trinajstić information content (AvgIpc) is 3.05. The molecule has 0 bridgehead atoms. The molecule has 0 radical (unpaired) electrons. The fourth-order valence-electron chi connectivity index (χ4n) is 4.05. The van der Waals surface area contributed by atoms with Crippen LogP contribution in [0.1, 0.15) is 49.9 Å². The molecule has 0 aliphatic rings. The minimum absolute atomic E-state index is 0.109. The van der Waals surface area contributed by atoms with Gasteiger partial charge in [-0.25, -0.2) is 0 Å². The second-order valence-corrected chi connectivity index (χ2v) is 13.0. The summed E-state index contributed by atoms with van der Waals surface area (Å²) in [6.45, 7) is 10.7. The molecule has 0 aliphatic carbocycles. The van der Waals surface area contributed by atoms with E-state index in [1.165, 1.54) is 0 Å². The number of para-hydroxylation sites is 4. The summed E-state index contributed by atoms with van der Waals surface area (Å²) in [6.07, 6.45) is 6.74. The van der Waals surface area contributed by atoms with Gasteiger partial charge in [0.05, 0.1) is 0 Å². The fraction of sp³-hybridized carbons (Fsp3) is 0.263. The molecular weight excluding hydrogens is 792 g/mol. The summed E-state index contributed by atoms with van der Waals surface area (Å²) in [7, 11) is 0. The molecule has 0 spiro atoms. The number of benzene rings is 4. The van der Waals surface area contributed by atoms with E-state index in [4.69, 9.17) is 6.80 Å². The van der Waals surface area contributed by atoms with Gasteiger partial charge in [0.2, 0.25) is 0 Å². The van der Waals surface area contributed by atoms with Crippen molar-refractivity contribution in [2.75, 3.05) is 26.2 Å². The quantitative estimate of drug-likeness (QED) is 0.111. The van der Waals surface area contributed by atoms with Gasteiger partial charge in [0, 0.05) is 84.1 Å². The third kappa shape index (κ3) is 16.1. The summed E-state index contributed by atoms with van der Waals surface area (Å²) in [5.41, 5.74) is 2.62. The topological polar surface area (TPSA) is 164 Å². The maximum absolute atomic E-state index is 9.69. The van der Waals surface area contributed by atoms with Crippen LogP contribution >= 0.6 is 0 Å². The van der Waals surface area contributed by atoms with E-state index in [1.54, 1.807) is 73.4 Å². The molecular formula is C38H44N4O6W. The molecule has 11 heteroatoms. The van der Waals surface area contributed by atoms with Crippen molar-refractivity contribution < 1.29 is 45.7 Å². The second-order valence-electron chi connectivity index (χ2n) is 12.5. The van der Waals surface area contributed by atoms with Gasteiger partial charge in [-0.2, -0.15) is 0 Å². The number of phenols is 4. The van der Waals surface area contributed by atoms with Crippen LogP contribution in [0.15, 0.2) is 117 Å². The Morgan fingerprint density at radius 2 is 0.633 bits per heavy atom. The SMILES string of the molecule is CC(C)(CN=Cc1ccccc1O)CN=Cc1ccccc1O.CC(C)(CN=Cc1ccccc1O)CN=Cc1ccccc1O.[O]=[W]=[O]. The van der Waals surface area contributed by atoms with Crippen LogP contribution in [-0.4, -0.2) is 71.5 Å². The zero-order valence-electron chi connectivity index (χ0n) is 28.2. The van der Waals surface area contributed by atoms with E-state index in [0.29, 0.717) is 48.4 Å². The van der Waals surface area contributed by atoms with Crippen LogP contribution in [0.2, 0.25) is 0 Å². The third-order valence-electron chi connectivity index (χ3n) is 6.75. The Balaban J connectivity index is 0.000000315. The number of rotatable bonds is 12. The van der Waals surface area contributed by atoms with Crippen molar-refractivity contribution in [3.05, 3.63) is 119 Å². The standard InChI is InChI=1S/2C19H22N2O2.2O.W/c2*1-19(2,13-20-11-15-7-3-5-9-17(15)22)14-21-12-16-8-4-6-10-18(16)23;;;/h2*3-12,22-23H,13-14H2,1-2H3;;;. The van der Waals surface area contributed by atoms with Crippen molar-refractivity contribution in [1.29, 1.82) is 0 Å². The number of phenolic OH excluding ortho intramolecular Hbond substituents is 4. The van der Waals surface area contributed by atoms with E-state index < -0.39 is 18.5 Å². The van der Waals surface area contributed by atoms with E-state index in [-0.39, 0.29) is 33.8 Å². The summed E-state index contributed by atoms with van der Waals surface area (Å²) < 4.78 is 17.1. The first kappa shape index (κ1) is 40.2. The maximum atomic E-state index is 9.69. The molecule has 4 rings (SSSR count). The molecule has 0 amide bonds. The molecule has 10 nitrogen and oxygen atoms in total. The molecule has 0 aliphatic heterocycles. The monoisotopic (exact) mass is 836 g/mol. The van der Waals surface area contributed by atoms with Gasteiger partial charge in [-0.05, 0) is 48.5 Å². The van der Waals surface area contributed by atoms with Gasteiger partial charge in [0.15, 0.2) is 0 Å². The van der Waals surface area contributed by atoms with Crippen molar-refractivity contribution in [3.8, 4) is 23.0 Å². The molecule has 49 heavy (non-hydrogen) atoms. The Bertz CT molecular complexity index is 1520. The molecule has 4 aromatic carbocycles. The molecule has 0 unspecified atom stereocenters. The summed E-state index contributed by atoms with van der Waals surface area (Å²) >= 11 is -2.25. The number of hydrogen-bond donors (Lipinski definition) is 4. The minimum atomic E-state index is -2.25. The van der Waals surface area contributed by atoms with Gasteiger partial charge in [-0.1, -0.05) is 76.2 Å². The van der Waals surface area contributed by atoms with Crippen molar-refractivity contribution in [2.45, 2.75) is 27.7 Å². The zero-order valence-corrected chi connectivity index (χ0v) is 31.1. The van der Waals surface area contributed by atoms with Gasteiger partial charge < -0.3 is 20.4 Å². The van der Waals surface area contributed by atoms with E-state index >= 15 is 0 Å². The molecule has 0 saturated carbocycles. The fourth-order valence-corrected chi connectivity index (χ4v) is 4.05. The third-order valence-corrected chi connectivity index (χ3v) is 6.75. The average molecular weight is 837 g/mol. The number of hydrogen-bond acceptors (Lipinski definition) is 10. The van der Waals surface area contributed by atoms with Crippen LogP contribution in [0, 0.1) is 10.8 Å². The van der Waals surface area contributed by atoms with Crippen LogP contribution in [0.3, 0.4) is 0 Å². The molecule has 258 valence electrons. The zero-order chi connectivity index (χ0) is 36.1. The molecule has 0 heterocycles. The first-order valence-corrected chi connectivity index (χ1v) is 17.8. The summed E-state index contributed by atoms with van der Waals surface area (Å²) in [5, 5.41) is 38.8. The summed E-state index contributed by atoms with van der Waals surface area (Å²) in [4.78, 5) is 17.6. The van der Waals surface area contributed by atoms with Crippen molar-refractivity contribution in [3.63, 3.8) is 0 Å². The van der Waals surface area contributed by atoms with Crippen molar-refractivity contribution in [2.24, 2.45) is 30.8 Å². The van der Waals surface area contributed by atoms with E-state index in [2.05, 4.69) is 47.7 Å². The van der Waals surface area contributed by atoms with Gasteiger partial charge in [0.1, 0.15) is 23.0 Å².